The van der Waals surface area contributed by atoms with Crippen LogP contribution in [0.3, 0.4) is 0 Å². The Kier molecular flexibility index (Phi) is 14.7. The average Bonchev–Trinajstić information content (AvgIpc) is 2.86. The summed E-state index contributed by atoms with van der Waals surface area (Å²) in [5.41, 5.74) is 6.46. The molecule has 0 bridgehead atoms. The number of alkyl carbamates (subject to hydrolysis) is 1. The van der Waals surface area contributed by atoms with Crippen molar-refractivity contribution in [2.24, 2.45) is 11.7 Å². The molecule has 4 N–H and O–H groups in total. The van der Waals surface area contributed by atoms with Crippen LogP contribution in [0.2, 0.25) is 0 Å². The smallest absolute Gasteiger partial charge is 0.408 e. The van der Waals surface area contributed by atoms with E-state index in [9.17, 15) is 19.2 Å². The number of hydrogen-bond acceptors (Lipinski definition) is 5. The topological polar surface area (TPSA) is 131 Å². The molecule has 0 saturated heterocycles. The number of hydrogen-bond donors (Lipinski definition) is 3. The highest BCUT2D eigenvalue weighted by Gasteiger charge is 2.39. The van der Waals surface area contributed by atoms with E-state index in [0.717, 1.165) is 37.7 Å². The standard InChI is InChI=1S/C31H52N4O5/c1-9-11-12-19-33-28(37)27(24-17-15-23(10-2)16-18-24)35(22(5)14-13-21(3)4)29(38)25(20-26(32)36)34-30(39)40-31(6,7)8/h15-18,21-22,25,27H,9-14,19-20H2,1-8H3,(H2,32,36)(H,33,37)(H,34,39). The van der Waals surface area contributed by atoms with Gasteiger partial charge in [0.2, 0.25) is 17.7 Å². The molecule has 0 aliphatic carbocycles. The molecule has 1 aromatic carbocycles. The third-order valence-electron chi connectivity index (χ3n) is 6.60. The van der Waals surface area contributed by atoms with Gasteiger partial charge in [0.1, 0.15) is 17.7 Å². The van der Waals surface area contributed by atoms with Gasteiger partial charge in [0.25, 0.3) is 0 Å². The molecular weight excluding hydrogens is 508 g/mol. The molecule has 0 fully saturated rings. The van der Waals surface area contributed by atoms with Crippen molar-refractivity contribution in [2.45, 2.75) is 124 Å². The Balaban J connectivity index is 3.59. The molecule has 1 aromatic rings. The van der Waals surface area contributed by atoms with Crippen LogP contribution in [-0.4, -0.2) is 52.9 Å². The van der Waals surface area contributed by atoms with Crippen LogP contribution < -0.4 is 16.4 Å². The lowest BCUT2D eigenvalue weighted by Gasteiger charge is -2.38. The molecule has 0 spiro atoms. The molecular formula is C31H52N4O5. The summed E-state index contributed by atoms with van der Waals surface area (Å²) >= 11 is 0. The van der Waals surface area contributed by atoms with E-state index >= 15 is 0 Å². The highest BCUT2D eigenvalue weighted by Crippen LogP contribution is 2.28. The van der Waals surface area contributed by atoms with Crippen molar-refractivity contribution >= 4 is 23.8 Å². The van der Waals surface area contributed by atoms with Gasteiger partial charge in [-0.1, -0.05) is 64.8 Å². The lowest BCUT2D eigenvalue weighted by atomic mass is 9.96. The Bertz CT molecular complexity index is 955. The van der Waals surface area contributed by atoms with Crippen LogP contribution in [0.5, 0.6) is 0 Å². The van der Waals surface area contributed by atoms with E-state index in [0.29, 0.717) is 24.4 Å². The molecule has 0 aliphatic heterocycles. The van der Waals surface area contributed by atoms with Gasteiger partial charge in [-0.05, 0) is 70.4 Å². The van der Waals surface area contributed by atoms with Crippen molar-refractivity contribution in [2.75, 3.05) is 6.54 Å². The number of nitrogens with one attached hydrogen (secondary N) is 2. The van der Waals surface area contributed by atoms with Crippen molar-refractivity contribution in [3.8, 4) is 0 Å². The van der Waals surface area contributed by atoms with Gasteiger partial charge < -0.3 is 26.0 Å². The lowest BCUT2D eigenvalue weighted by Crippen LogP contribution is -2.56. The second kappa shape index (κ2) is 16.9. The zero-order valence-corrected chi connectivity index (χ0v) is 25.8. The number of carbonyl (C=O) groups excluding carboxylic acids is 4. The highest BCUT2D eigenvalue weighted by atomic mass is 16.6. The number of carbonyl (C=O) groups is 4. The summed E-state index contributed by atoms with van der Waals surface area (Å²) in [4.78, 5) is 54.3. The van der Waals surface area contributed by atoms with Crippen LogP contribution in [0.1, 0.15) is 111 Å². The molecule has 0 aromatic heterocycles. The maximum Gasteiger partial charge on any atom is 0.408 e. The van der Waals surface area contributed by atoms with E-state index < -0.39 is 42.0 Å². The first kappa shape index (κ1) is 34.9. The Morgan fingerprint density at radius 2 is 1.60 bits per heavy atom. The van der Waals surface area contributed by atoms with E-state index in [1.807, 2.05) is 38.1 Å². The minimum atomic E-state index is -1.29. The molecule has 3 unspecified atom stereocenters. The summed E-state index contributed by atoms with van der Waals surface area (Å²) in [5, 5.41) is 5.56. The monoisotopic (exact) mass is 560 g/mol. The van der Waals surface area contributed by atoms with Crippen molar-refractivity contribution in [1.82, 2.24) is 15.5 Å². The third kappa shape index (κ3) is 12.4. The Morgan fingerprint density at radius 1 is 0.975 bits per heavy atom. The predicted octanol–water partition coefficient (Wildman–Crippen LogP) is 5.02. The van der Waals surface area contributed by atoms with Crippen LogP contribution in [0.25, 0.3) is 0 Å². The largest absolute Gasteiger partial charge is 0.444 e. The zero-order valence-electron chi connectivity index (χ0n) is 25.8. The Morgan fingerprint density at radius 3 is 2.10 bits per heavy atom. The first-order chi connectivity index (χ1) is 18.7. The number of unbranched alkanes of at least 4 members (excludes halogenated alkanes) is 2. The van der Waals surface area contributed by atoms with Crippen LogP contribution in [0.15, 0.2) is 24.3 Å². The van der Waals surface area contributed by atoms with Gasteiger partial charge in [-0.15, -0.1) is 0 Å². The van der Waals surface area contributed by atoms with Crippen LogP contribution in [0, 0.1) is 5.92 Å². The molecule has 226 valence electrons. The molecule has 0 aliphatic rings. The maximum absolute atomic E-state index is 14.3. The summed E-state index contributed by atoms with van der Waals surface area (Å²) in [5.74, 6) is -1.24. The van der Waals surface area contributed by atoms with Crippen LogP contribution in [-0.2, 0) is 25.5 Å². The van der Waals surface area contributed by atoms with Gasteiger partial charge in [0.15, 0.2) is 0 Å². The summed E-state index contributed by atoms with van der Waals surface area (Å²) in [6, 6.07) is 5.02. The average molecular weight is 561 g/mol. The fourth-order valence-corrected chi connectivity index (χ4v) is 4.40. The maximum atomic E-state index is 14.3. The van der Waals surface area contributed by atoms with E-state index in [1.165, 1.54) is 4.90 Å². The summed E-state index contributed by atoms with van der Waals surface area (Å²) < 4.78 is 5.36. The van der Waals surface area contributed by atoms with Crippen molar-refractivity contribution in [1.29, 1.82) is 0 Å². The van der Waals surface area contributed by atoms with Crippen molar-refractivity contribution < 1.29 is 23.9 Å². The highest BCUT2D eigenvalue weighted by molar-refractivity contribution is 5.94. The molecule has 40 heavy (non-hydrogen) atoms. The first-order valence-electron chi connectivity index (χ1n) is 14.7. The minimum Gasteiger partial charge on any atom is -0.444 e. The predicted molar refractivity (Wildman–Crippen MR) is 158 cm³/mol. The van der Waals surface area contributed by atoms with Gasteiger partial charge in [0.05, 0.1) is 6.42 Å². The summed E-state index contributed by atoms with van der Waals surface area (Å²) in [6.07, 6.45) is 3.84. The number of nitrogens with zero attached hydrogens (tertiary/aromatic N) is 1. The van der Waals surface area contributed by atoms with Gasteiger partial charge in [-0.2, -0.15) is 0 Å². The van der Waals surface area contributed by atoms with Crippen molar-refractivity contribution in [3.05, 3.63) is 35.4 Å². The minimum absolute atomic E-state index is 0.305. The number of rotatable bonds is 16. The van der Waals surface area contributed by atoms with Crippen LogP contribution >= 0.6 is 0 Å². The zero-order chi connectivity index (χ0) is 30.5. The molecule has 9 heteroatoms. The number of aryl methyl sites for hydroxylation is 1. The van der Waals surface area contributed by atoms with Crippen molar-refractivity contribution in [3.63, 3.8) is 0 Å². The number of amides is 4. The SMILES string of the molecule is CCCCCNC(=O)C(c1ccc(CC)cc1)N(C(=O)C(CC(N)=O)NC(=O)OC(C)(C)C)C(C)CCC(C)C. The van der Waals surface area contributed by atoms with Crippen LogP contribution in [0.4, 0.5) is 4.79 Å². The molecule has 0 heterocycles. The van der Waals surface area contributed by atoms with E-state index in [2.05, 4.69) is 31.4 Å². The lowest BCUT2D eigenvalue weighted by molar-refractivity contribution is -0.146. The molecule has 0 saturated carbocycles. The second-order valence-corrected chi connectivity index (χ2v) is 11.9. The summed E-state index contributed by atoms with van der Waals surface area (Å²) in [7, 11) is 0. The van der Waals surface area contributed by atoms with E-state index in [-0.39, 0.29) is 11.9 Å². The number of nitrogens with two attached hydrogens (primary N) is 1. The normalized spacial score (nSPS) is 13.7. The van der Waals surface area contributed by atoms with Gasteiger partial charge in [0, 0.05) is 12.6 Å². The van der Waals surface area contributed by atoms with E-state index in [1.54, 1.807) is 20.8 Å². The molecule has 1 rings (SSSR count). The molecule has 9 nitrogen and oxygen atoms in total. The molecule has 3 atom stereocenters. The first-order valence-corrected chi connectivity index (χ1v) is 14.7. The fraction of sp³-hybridized carbons (Fsp3) is 0.677. The fourth-order valence-electron chi connectivity index (χ4n) is 4.40. The third-order valence-corrected chi connectivity index (χ3v) is 6.60. The van der Waals surface area contributed by atoms with Gasteiger partial charge in [-0.25, -0.2) is 4.79 Å². The summed E-state index contributed by atoms with van der Waals surface area (Å²) in [6.45, 7) is 15.8. The quantitative estimate of drug-likeness (QED) is 0.244. The van der Waals surface area contributed by atoms with Gasteiger partial charge >= 0.3 is 6.09 Å². The number of ether oxygens (including phenoxy) is 1. The van der Waals surface area contributed by atoms with E-state index in [4.69, 9.17) is 10.5 Å². The van der Waals surface area contributed by atoms with Gasteiger partial charge in [-0.3, -0.25) is 14.4 Å². The second-order valence-electron chi connectivity index (χ2n) is 11.9. The number of benzene rings is 1. The Labute approximate surface area is 241 Å². The number of primary amides is 1. The Hall–Kier alpha value is -3.10. The molecule has 4 amide bonds. The molecule has 0 radical (unpaired) electrons.